The molecule has 1 aromatic heterocycles. The van der Waals surface area contributed by atoms with Crippen molar-refractivity contribution in [3.8, 4) is 0 Å². The molecule has 0 spiro atoms. The van der Waals surface area contributed by atoms with Crippen LogP contribution < -0.4 is 0 Å². The van der Waals surface area contributed by atoms with Crippen molar-refractivity contribution in [1.82, 2.24) is 9.88 Å². The maximum Gasteiger partial charge on any atom is 0.246 e. The highest BCUT2D eigenvalue weighted by Gasteiger charge is 2.35. The summed E-state index contributed by atoms with van der Waals surface area (Å²) in [5.41, 5.74) is 1.03. The molecule has 2 saturated heterocycles. The Balaban J connectivity index is 1.51. The number of aromatic nitrogens is 1. The fraction of sp³-hybridized carbons (Fsp3) is 0.500. The first-order chi connectivity index (χ1) is 8.83. The van der Waals surface area contributed by atoms with Gasteiger partial charge in [0.15, 0.2) is 0 Å². The zero-order valence-electron chi connectivity index (χ0n) is 10.3. The van der Waals surface area contributed by atoms with Crippen LogP contribution in [0.4, 0.5) is 0 Å². The van der Waals surface area contributed by atoms with Crippen LogP contribution in [0.5, 0.6) is 0 Å². The molecular weight excluding hydrogens is 228 g/mol. The number of amides is 1. The Morgan fingerprint density at radius 1 is 1.44 bits per heavy atom. The van der Waals surface area contributed by atoms with E-state index in [0.717, 1.165) is 38.1 Å². The van der Waals surface area contributed by atoms with Gasteiger partial charge in [-0.1, -0.05) is 0 Å². The molecule has 0 radical (unpaired) electrons. The topological polar surface area (TPSA) is 48.6 Å². The van der Waals surface area contributed by atoms with Crippen molar-refractivity contribution in [3.05, 3.63) is 30.1 Å². The van der Waals surface area contributed by atoms with Crippen molar-refractivity contribution in [1.29, 1.82) is 0 Å². The first-order valence-corrected chi connectivity index (χ1v) is 6.54. The summed E-state index contributed by atoms with van der Waals surface area (Å²) in [6.45, 7) is 2.65. The Labute approximate surface area is 107 Å². The molecule has 0 aliphatic carbocycles. The fourth-order valence-corrected chi connectivity index (χ4v) is 2.53. The number of H-pyrrole nitrogens is 1. The lowest BCUT2D eigenvalue weighted by atomic mass is 9.94. The molecule has 1 unspecified atom stereocenters. The van der Waals surface area contributed by atoms with Crippen molar-refractivity contribution in [2.75, 3.05) is 19.7 Å². The number of likely N-dealkylation sites (tertiary alicyclic amines) is 1. The van der Waals surface area contributed by atoms with Crippen LogP contribution in [0.2, 0.25) is 0 Å². The van der Waals surface area contributed by atoms with Gasteiger partial charge in [0, 0.05) is 31.6 Å². The summed E-state index contributed by atoms with van der Waals surface area (Å²) in [6, 6.07) is 1.94. The first kappa shape index (κ1) is 11.5. The number of carbonyl (C=O) groups excluding carboxylic acids is 1. The highest BCUT2D eigenvalue weighted by molar-refractivity contribution is 5.91. The molecule has 2 aliphatic rings. The predicted molar refractivity (Wildman–Crippen MR) is 68.9 cm³/mol. The molecule has 2 aliphatic heterocycles. The van der Waals surface area contributed by atoms with E-state index in [2.05, 4.69) is 4.98 Å². The summed E-state index contributed by atoms with van der Waals surface area (Å²) in [6.07, 6.45) is 9.89. The maximum absolute atomic E-state index is 12.0. The molecule has 4 heteroatoms. The Hall–Kier alpha value is -1.55. The van der Waals surface area contributed by atoms with Crippen LogP contribution in [0.1, 0.15) is 18.4 Å². The average Bonchev–Trinajstić information content (AvgIpc) is 3.13. The standard InChI is InChI=1S/C14H18N2O2/c17-14(2-1-11-3-6-15-9-11)16-7-4-12(5-8-16)13-10-18-13/h1-3,6,9,12-13,15H,4-5,7-8,10H2/b2-1+. The molecule has 3 heterocycles. The van der Waals surface area contributed by atoms with E-state index in [0.29, 0.717) is 12.0 Å². The van der Waals surface area contributed by atoms with Crippen LogP contribution in [-0.4, -0.2) is 41.6 Å². The first-order valence-electron chi connectivity index (χ1n) is 6.54. The van der Waals surface area contributed by atoms with Crippen molar-refractivity contribution in [2.45, 2.75) is 18.9 Å². The number of rotatable bonds is 3. The highest BCUT2D eigenvalue weighted by atomic mass is 16.6. The normalized spacial score (nSPS) is 24.7. The van der Waals surface area contributed by atoms with E-state index in [4.69, 9.17) is 4.74 Å². The number of aromatic amines is 1. The summed E-state index contributed by atoms with van der Waals surface area (Å²) in [5.74, 6) is 0.786. The number of carbonyl (C=O) groups is 1. The van der Waals surface area contributed by atoms with Gasteiger partial charge in [0.1, 0.15) is 0 Å². The maximum atomic E-state index is 12.0. The summed E-state index contributed by atoms with van der Waals surface area (Å²) in [7, 11) is 0. The number of ether oxygens (including phenoxy) is 1. The number of nitrogens with zero attached hydrogens (tertiary/aromatic N) is 1. The van der Waals surface area contributed by atoms with E-state index >= 15 is 0 Å². The Bertz CT molecular complexity index is 427. The van der Waals surface area contributed by atoms with Crippen LogP contribution in [-0.2, 0) is 9.53 Å². The van der Waals surface area contributed by atoms with Crippen molar-refractivity contribution in [3.63, 3.8) is 0 Å². The minimum Gasteiger partial charge on any atom is -0.373 e. The minimum atomic E-state index is 0.117. The van der Waals surface area contributed by atoms with E-state index in [1.54, 1.807) is 6.08 Å². The second-order valence-electron chi connectivity index (χ2n) is 5.01. The number of hydrogen-bond donors (Lipinski definition) is 1. The largest absolute Gasteiger partial charge is 0.373 e. The van der Waals surface area contributed by atoms with Crippen LogP contribution in [0.25, 0.3) is 6.08 Å². The van der Waals surface area contributed by atoms with Gasteiger partial charge in [-0.2, -0.15) is 0 Å². The molecular formula is C14H18N2O2. The lowest BCUT2D eigenvalue weighted by molar-refractivity contribution is -0.127. The number of nitrogens with one attached hydrogen (secondary N) is 1. The lowest BCUT2D eigenvalue weighted by Gasteiger charge is -2.30. The quantitative estimate of drug-likeness (QED) is 0.651. The third-order valence-corrected chi connectivity index (χ3v) is 3.78. The lowest BCUT2D eigenvalue weighted by Crippen LogP contribution is -2.38. The molecule has 1 amide bonds. The van der Waals surface area contributed by atoms with E-state index in [1.165, 1.54) is 0 Å². The molecule has 2 fully saturated rings. The second kappa shape index (κ2) is 4.98. The van der Waals surface area contributed by atoms with Gasteiger partial charge in [0.2, 0.25) is 5.91 Å². The summed E-state index contributed by atoms with van der Waals surface area (Å²) in [4.78, 5) is 16.9. The third kappa shape index (κ3) is 2.64. The van der Waals surface area contributed by atoms with Crippen LogP contribution in [0, 0.1) is 5.92 Å². The zero-order chi connectivity index (χ0) is 12.4. The Morgan fingerprint density at radius 2 is 2.22 bits per heavy atom. The molecule has 1 N–H and O–H groups in total. The smallest absolute Gasteiger partial charge is 0.246 e. The van der Waals surface area contributed by atoms with Crippen LogP contribution in [0.3, 0.4) is 0 Å². The molecule has 0 aromatic carbocycles. The van der Waals surface area contributed by atoms with E-state index in [1.807, 2.05) is 29.4 Å². The zero-order valence-corrected chi connectivity index (χ0v) is 10.3. The van der Waals surface area contributed by atoms with Crippen LogP contribution >= 0.6 is 0 Å². The van der Waals surface area contributed by atoms with Gasteiger partial charge in [-0.3, -0.25) is 4.79 Å². The van der Waals surface area contributed by atoms with Gasteiger partial charge in [0.05, 0.1) is 12.7 Å². The molecule has 4 nitrogen and oxygen atoms in total. The third-order valence-electron chi connectivity index (χ3n) is 3.78. The van der Waals surface area contributed by atoms with Gasteiger partial charge in [-0.05, 0) is 36.5 Å². The predicted octanol–water partition coefficient (Wildman–Crippen LogP) is 1.67. The number of hydrogen-bond acceptors (Lipinski definition) is 2. The number of epoxide rings is 1. The van der Waals surface area contributed by atoms with Gasteiger partial charge in [-0.15, -0.1) is 0 Å². The van der Waals surface area contributed by atoms with Gasteiger partial charge in [-0.25, -0.2) is 0 Å². The van der Waals surface area contributed by atoms with Crippen LogP contribution in [0.15, 0.2) is 24.5 Å². The van der Waals surface area contributed by atoms with E-state index in [-0.39, 0.29) is 5.91 Å². The van der Waals surface area contributed by atoms with Gasteiger partial charge < -0.3 is 14.6 Å². The van der Waals surface area contributed by atoms with Gasteiger partial charge in [0.25, 0.3) is 0 Å². The van der Waals surface area contributed by atoms with E-state index in [9.17, 15) is 4.79 Å². The molecule has 96 valence electrons. The Kier molecular flexibility index (Phi) is 3.19. The second-order valence-corrected chi connectivity index (χ2v) is 5.01. The highest BCUT2D eigenvalue weighted by Crippen LogP contribution is 2.29. The SMILES string of the molecule is O=C(/C=C/c1cc[nH]c1)N1CCC(C2CO2)CC1. The summed E-state index contributed by atoms with van der Waals surface area (Å²) >= 11 is 0. The molecule has 1 aromatic rings. The molecule has 3 rings (SSSR count). The Morgan fingerprint density at radius 3 is 2.83 bits per heavy atom. The van der Waals surface area contributed by atoms with Crippen molar-refractivity contribution >= 4 is 12.0 Å². The minimum absolute atomic E-state index is 0.117. The average molecular weight is 246 g/mol. The van der Waals surface area contributed by atoms with Crippen molar-refractivity contribution in [2.24, 2.45) is 5.92 Å². The molecule has 0 saturated carbocycles. The molecule has 18 heavy (non-hydrogen) atoms. The number of piperidine rings is 1. The van der Waals surface area contributed by atoms with E-state index < -0.39 is 0 Å². The summed E-state index contributed by atoms with van der Waals surface area (Å²) in [5, 5.41) is 0. The fourth-order valence-electron chi connectivity index (χ4n) is 2.53. The van der Waals surface area contributed by atoms with Gasteiger partial charge >= 0.3 is 0 Å². The molecule has 1 atom stereocenters. The monoisotopic (exact) mass is 246 g/mol. The summed E-state index contributed by atoms with van der Waals surface area (Å²) < 4.78 is 5.32. The molecule has 0 bridgehead atoms. The van der Waals surface area contributed by atoms with Crippen molar-refractivity contribution < 1.29 is 9.53 Å².